The molecule has 8 nitrogen and oxygen atoms in total. The van der Waals surface area contributed by atoms with Crippen LogP contribution in [0.1, 0.15) is 24.3 Å². The molecule has 34 heavy (non-hydrogen) atoms. The summed E-state index contributed by atoms with van der Waals surface area (Å²) in [6.07, 6.45) is 0. The average molecular weight is 485 g/mol. The molecule has 0 aliphatic carbocycles. The molecule has 180 valence electrons. The van der Waals surface area contributed by atoms with Gasteiger partial charge in [0.25, 0.3) is 0 Å². The van der Waals surface area contributed by atoms with Crippen LogP contribution in [-0.4, -0.2) is 67.7 Å². The van der Waals surface area contributed by atoms with Gasteiger partial charge in [-0.15, -0.1) is 0 Å². The fraction of sp³-hybridized carbons (Fsp3) is 0.360. The second kappa shape index (κ2) is 9.95. The molecule has 0 saturated carbocycles. The molecule has 2 aromatic carbocycles. The number of H-pyrrole nitrogens is 1. The molecule has 2 N–H and O–H groups in total. The van der Waals surface area contributed by atoms with Crippen molar-refractivity contribution < 1.29 is 19.1 Å². The number of nitrogens with one attached hydrogen (secondary N) is 2. The van der Waals surface area contributed by atoms with Gasteiger partial charge in [-0.05, 0) is 44.2 Å². The molecule has 2 heterocycles. The smallest absolute Gasteiger partial charge is 0.356 e. The maximum atomic E-state index is 13.3. The Hall–Kier alpha value is -3.23. The Labute approximate surface area is 203 Å². The van der Waals surface area contributed by atoms with Gasteiger partial charge in [0.15, 0.2) is 0 Å². The first-order valence-corrected chi connectivity index (χ1v) is 11.5. The molecule has 1 saturated heterocycles. The highest BCUT2D eigenvalue weighted by Gasteiger charge is 2.31. The van der Waals surface area contributed by atoms with Crippen molar-refractivity contribution in [1.82, 2.24) is 9.88 Å². The third-order valence-corrected chi connectivity index (χ3v) is 6.60. The first kappa shape index (κ1) is 23.9. The zero-order chi connectivity index (χ0) is 24.4. The van der Waals surface area contributed by atoms with Crippen LogP contribution in [0.5, 0.6) is 5.75 Å². The number of amides is 1. The molecular weight excluding hydrogens is 456 g/mol. The maximum Gasteiger partial charge on any atom is 0.356 e. The molecule has 1 aliphatic heterocycles. The first-order chi connectivity index (χ1) is 16.3. The number of hydrogen-bond acceptors (Lipinski definition) is 6. The molecule has 0 radical (unpaired) electrons. The van der Waals surface area contributed by atoms with Crippen LogP contribution in [0.2, 0.25) is 5.02 Å². The molecule has 1 fully saturated rings. The third-order valence-electron chi connectivity index (χ3n) is 6.37. The lowest BCUT2D eigenvalue weighted by atomic mass is 10.1. The summed E-state index contributed by atoms with van der Waals surface area (Å²) in [7, 11) is 2.96. The van der Waals surface area contributed by atoms with Crippen molar-refractivity contribution in [2.45, 2.75) is 25.9 Å². The Morgan fingerprint density at radius 3 is 2.68 bits per heavy atom. The van der Waals surface area contributed by atoms with E-state index in [4.69, 9.17) is 21.1 Å². The van der Waals surface area contributed by atoms with E-state index < -0.39 is 12.0 Å². The van der Waals surface area contributed by atoms with E-state index in [-0.39, 0.29) is 17.6 Å². The van der Waals surface area contributed by atoms with Gasteiger partial charge in [-0.2, -0.15) is 0 Å². The standard InChI is InChI=1S/C25H29ClN4O4/c1-15-14-29(10-11-30(15)18-6-5-7-19(13-18)33-3)16(2)24(31)28-22-20-12-17(26)8-9-21(20)27-23(22)25(32)34-4/h5-9,12-13,15-16,27H,10-11,14H2,1-4H3,(H,28,31)/t15-,16-/m0/s1. The van der Waals surface area contributed by atoms with Gasteiger partial charge in [-0.3, -0.25) is 9.69 Å². The number of esters is 1. The summed E-state index contributed by atoms with van der Waals surface area (Å²) in [5, 5.41) is 4.11. The molecule has 2 atom stereocenters. The van der Waals surface area contributed by atoms with Gasteiger partial charge >= 0.3 is 5.97 Å². The normalized spacial score (nSPS) is 17.4. The first-order valence-electron chi connectivity index (χ1n) is 11.2. The molecule has 1 aromatic heterocycles. The lowest BCUT2D eigenvalue weighted by molar-refractivity contribution is -0.121. The van der Waals surface area contributed by atoms with E-state index >= 15 is 0 Å². The number of rotatable bonds is 6. The van der Waals surface area contributed by atoms with Gasteiger partial charge in [0.05, 0.1) is 25.9 Å². The number of nitrogens with zero attached hydrogens (tertiary/aromatic N) is 2. The summed E-state index contributed by atoms with van der Waals surface area (Å²) in [4.78, 5) is 33.1. The molecule has 0 unspecified atom stereocenters. The number of halogens is 1. The van der Waals surface area contributed by atoms with Gasteiger partial charge in [0.2, 0.25) is 5.91 Å². The van der Waals surface area contributed by atoms with Crippen molar-refractivity contribution in [2.75, 3.05) is 44.1 Å². The van der Waals surface area contributed by atoms with E-state index in [0.29, 0.717) is 21.6 Å². The van der Waals surface area contributed by atoms with Gasteiger partial charge in [0, 0.05) is 53.4 Å². The van der Waals surface area contributed by atoms with E-state index in [1.54, 1.807) is 25.3 Å². The molecule has 0 spiro atoms. The number of benzene rings is 2. The van der Waals surface area contributed by atoms with Gasteiger partial charge in [-0.1, -0.05) is 17.7 Å². The van der Waals surface area contributed by atoms with Crippen molar-refractivity contribution in [3.8, 4) is 5.75 Å². The monoisotopic (exact) mass is 484 g/mol. The fourth-order valence-electron chi connectivity index (χ4n) is 4.45. The number of fused-ring (bicyclic) bond motifs is 1. The Kier molecular flexibility index (Phi) is 7.00. The highest BCUT2D eigenvalue weighted by atomic mass is 35.5. The van der Waals surface area contributed by atoms with Gasteiger partial charge in [-0.25, -0.2) is 4.79 Å². The van der Waals surface area contributed by atoms with Crippen molar-refractivity contribution >= 4 is 45.8 Å². The Morgan fingerprint density at radius 1 is 1.18 bits per heavy atom. The van der Waals surface area contributed by atoms with Gasteiger partial charge in [0.1, 0.15) is 11.4 Å². The molecule has 9 heteroatoms. The highest BCUT2D eigenvalue weighted by Crippen LogP contribution is 2.31. The lowest BCUT2D eigenvalue weighted by Gasteiger charge is -2.43. The molecule has 1 amide bonds. The molecule has 3 aromatic rings. The number of carbonyl (C=O) groups excluding carboxylic acids is 2. The zero-order valence-electron chi connectivity index (χ0n) is 19.7. The summed E-state index contributed by atoms with van der Waals surface area (Å²) in [6.45, 7) is 6.24. The number of anilines is 2. The van der Waals surface area contributed by atoms with E-state index in [2.05, 4.69) is 33.1 Å². The minimum absolute atomic E-state index is 0.191. The molecule has 1 aliphatic rings. The Bertz CT molecular complexity index is 1210. The minimum Gasteiger partial charge on any atom is -0.497 e. The van der Waals surface area contributed by atoms with Crippen LogP contribution in [0.25, 0.3) is 10.9 Å². The van der Waals surface area contributed by atoms with E-state index in [0.717, 1.165) is 31.1 Å². The summed E-state index contributed by atoms with van der Waals surface area (Å²) in [5.41, 5.74) is 2.36. The van der Waals surface area contributed by atoms with Crippen molar-refractivity contribution in [2.24, 2.45) is 0 Å². The highest BCUT2D eigenvalue weighted by molar-refractivity contribution is 6.31. The van der Waals surface area contributed by atoms with Gasteiger partial charge < -0.3 is 24.7 Å². The number of aromatic amines is 1. The van der Waals surface area contributed by atoms with Crippen LogP contribution in [0, 0.1) is 0 Å². The Balaban J connectivity index is 1.50. The quantitative estimate of drug-likeness (QED) is 0.511. The lowest BCUT2D eigenvalue weighted by Crippen LogP contribution is -2.56. The second-order valence-electron chi connectivity index (χ2n) is 8.46. The predicted octanol–water partition coefficient (Wildman–Crippen LogP) is 4.15. The van der Waals surface area contributed by atoms with E-state index in [9.17, 15) is 9.59 Å². The topological polar surface area (TPSA) is 86.9 Å². The molecule has 4 rings (SSSR count). The summed E-state index contributed by atoms with van der Waals surface area (Å²) >= 11 is 6.17. The predicted molar refractivity (Wildman–Crippen MR) is 134 cm³/mol. The molecular formula is C25H29ClN4O4. The Morgan fingerprint density at radius 2 is 1.97 bits per heavy atom. The zero-order valence-corrected chi connectivity index (χ0v) is 20.5. The van der Waals surface area contributed by atoms with Crippen LogP contribution in [-0.2, 0) is 9.53 Å². The summed E-state index contributed by atoms with van der Waals surface area (Å²) < 4.78 is 10.3. The van der Waals surface area contributed by atoms with Crippen LogP contribution >= 0.6 is 11.6 Å². The number of piperazine rings is 1. The third kappa shape index (κ3) is 4.69. The number of methoxy groups -OCH3 is 2. The number of ether oxygens (including phenoxy) is 2. The number of hydrogen-bond donors (Lipinski definition) is 2. The van der Waals surface area contributed by atoms with Crippen molar-refractivity contribution in [3.05, 3.63) is 53.2 Å². The van der Waals surface area contributed by atoms with E-state index in [1.807, 2.05) is 25.1 Å². The van der Waals surface area contributed by atoms with E-state index in [1.165, 1.54) is 7.11 Å². The number of aromatic nitrogens is 1. The van der Waals surface area contributed by atoms with Crippen LogP contribution in [0.15, 0.2) is 42.5 Å². The summed E-state index contributed by atoms with van der Waals surface area (Å²) in [6, 6.07) is 13.0. The van der Waals surface area contributed by atoms with Crippen LogP contribution in [0.4, 0.5) is 11.4 Å². The van der Waals surface area contributed by atoms with Crippen LogP contribution < -0.4 is 15.0 Å². The maximum absolute atomic E-state index is 13.3. The van der Waals surface area contributed by atoms with Crippen molar-refractivity contribution in [3.63, 3.8) is 0 Å². The largest absolute Gasteiger partial charge is 0.497 e. The van der Waals surface area contributed by atoms with Crippen molar-refractivity contribution in [1.29, 1.82) is 0 Å². The molecule has 0 bridgehead atoms. The minimum atomic E-state index is -0.559. The second-order valence-corrected chi connectivity index (χ2v) is 8.90. The SMILES string of the molecule is COC(=O)c1[nH]c2ccc(Cl)cc2c1NC(=O)[C@H](C)N1CCN(c2cccc(OC)c2)[C@@H](C)C1. The fourth-order valence-corrected chi connectivity index (χ4v) is 4.62. The average Bonchev–Trinajstić information content (AvgIpc) is 3.20. The summed E-state index contributed by atoms with van der Waals surface area (Å²) in [5.74, 6) is 0.0592. The van der Waals surface area contributed by atoms with Crippen LogP contribution in [0.3, 0.4) is 0 Å². The number of carbonyl (C=O) groups is 2.